The zero-order valence-electron chi connectivity index (χ0n) is 11.2. The second-order valence-corrected chi connectivity index (χ2v) is 5.75. The average Bonchev–Trinajstić information content (AvgIpc) is 2.66. The normalized spacial score (nSPS) is 11.6. The van der Waals surface area contributed by atoms with Crippen LogP contribution in [0.1, 0.15) is 32.1 Å². The van der Waals surface area contributed by atoms with Crippen molar-refractivity contribution in [1.29, 1.82) is 0 Å². The molecular formula is C14H20BrN3. The first-order chi connectivity index (χ1) is 8.63. The second kappa shape index (κ2) is 5.85. The maximum Gasteiger partial charge on any atom is 0.110 e. The van der Waals surface area contributed by atoms with Gasteiger partial charge in [0.2, 0.25) is 0 Å². The van der Waals surface area contributed by atoms with Crippen LogP contribution < -0.4 is 5.32 Å². The Hall–Kier alpha value is -0.870. The van der Waals surface area contributed by atoms with E-state index >= 15 is 0 Å². The van der Waals surface area contributed by atoms with E-state index in [0.29, 0.717) is 6.04 Å². The summed E-state index contributed by atoms with van der Waals surface area (Å²) in [6.07, 6.45) is 2.14. The van der Waals surface area contributed by atoms with Crippen LogP contribution >= 0.6 is 15.9 Å². The molecule has 0 atom stereocenters. The van der Waals surface area contributed by atoms with Crippen molar-refractivity contribution < 1.29 is 0 Å². The number of hydrogen-bond donors (Lipinski definition) is 1. The van der Waals surface area contributed by atoms with Crippen LogP contribution in [0.5, 0.6) is 0 Å². The molecule has 1 aromatic carbocycles. The summed E-state index contributed by atoms with van der Waals surface area (Å²) >= 11 is 3.51. The Morgan fingerprint density at radius 3 is 2.83 bits per heavy atom. The minimum atomic E-state index is 0.445. The van der Waals surface area contributed by atoms with Crippen LogP contribution in [0.2, 0.25) is 0 Å². The van der Waals surface area contributed by atoms with E-state index in [2.05, 4.69) is 57.9 Å². The van der Waals surface area contributed by atoms with E-state index in [4.69, 9.17) is 4.98 Å². The molecular weight excluding hydrogens is 290 g/mol. The maximum absolute atomic E-state index is 4.77. The molecule has 1 heterocycles. The highest BCUT2D eigenvalue weighted by atomic mass is 79.9. The molecule has 1 aromatic heterocycles. The largest absolute Gasteiger partial charge is 0.325 e. The Morgan fingerprint density at radius 1 is 1.39 bits per heavy atom. The van der Waals surface area contributed by atoms with Gasteiger partial charge in [0.25, 0.3) is 0 Å². The summed E-state index contributed by atoms with van der Waals surface area (Å²) in [5.41, 5.74) is 2.31. The van der Waals surface area contributed by atoms with E-state index in [0.717, 1.165) is 29.4 Å². The van der Waals surface area contributed by atoms with Crippen molar-refractivity contribution in [2.75, 3.05) is 13.6 Å². The molecule has 0 amide bonds. The first-order valence-corrected chi connectivity index (χ1v) is 7.23. The fourth-order valence-corrected chi connectivity index (χ4v) is 2.65. The third kappa shape index (κ3) is 2.75. The van der Waals surface area contributed by atoms with Crippen LogP contribution in [0.15, 0.2) is 22.7 Å². The number of rotatable bonds is 5. The maximum atomic E-state index is 4.77. The van der Waals surface area contributed by atoms with Crippen LogP contribution in [0, 0.1) is 0 Å². The SMILES string of the molecule is CNCCCc1nc2cc(Br)ccc2n1C(C)C. The fraction of sp³-hybridized carbons (Fsp3) is 0.500. The molecule has 0 aliphatic carbocycles. The van der Waals surface area contributed by atoms with E-state index in [1.165, 1.54) is 11.3 Å². The van der Waals surface area contributed by atoms with Gasteiger partial charge < -0.3 is 9.88 Å². The van der Waals surface area contributed by atoms with Crippen LogP contribution in [0.4, 0.5) is 0 Å². The summed E-state index contributed by atoms with van der Waals surface area (Å²) in [6.45, 7) is 5.46. The standard InChI is InChI=1S/C14H20BrN3/c1-10(2)18-13-7-6-11(15)9-12(13)17-14(18)5-4-8-16-3/h6-7,9-10,16H,4-5,8H2,1-3H3. The summed E-state index contributed by atoms with van der Waals surface area (Å²) in [7, 11) is 1.99. The molecule has 0 saturated heterocycles. The Kier molecular flexibility index (Phi) is 4.40. The number of hydrogen-bond acceptors (Lipinski definition) is 2. The lowest BCUT2D eigenvalue weighted by atomic mass is 10.2. The molecule has 4 heteroatoms. The first-order valence-electron chi connectivity index (χ1n) is 6.44. The third-order valence-corrected chi connectivity index (χ3v) is 3.56. The summed E-state index contributed by atoms with van der Waals surface area (Å²) < 4.78 is 3.43. The van der Waals surface area contributed by atoms with Gasteiger partial charge in [-0.1, -0.05) is 15.9 Å². The predicted octanol–water partition coefficient (Wildman–Crippen LogP) is 3.53. The number of nitrogens with zero attached hydrogens (tertiary/aromatic N) is 2. The summed E-state index contributed by atoms with van der Waals surface area (Å²) in [6, 6.07) is 6.77. The number of aryl methyl sites for hydroxylation is 1. The van der Waals surface area contributed by atoms with Crippen molar-refractivity contribution in [2.45, 2.75) is 32.7 Å². The lowest BCUT2D eigenvalue weighted by Crippen LogP contribution is -2.11. The Labute approximate surface area is 117 Å². The molecule has 0 aliphatic heterocycles. The summed E-state index contributed by atoms with van der Waals surface area (Å²) in [5, 5.41) is 3.18. The lowest BCUT2D eigenvalue weighted by Gasteiger charge is -2.13. The third-order valence-electron chi connectivity index (χ3n) is 3.07. The van der Waals surface area contributed by atoms with Gasteiger partial charge in [0.15, 0.2) is 0 Å². The molecule has 0 fully saturated rings. The number of imidazole rings is 1. The number of fused-ring (bicyclic) bond motifs is 1. The molecule has 0 radical (unpaired) electrons. The minimum Gasteiger partial charge on any atom is -0.325 e. The molecule has 0 saturated carbocycles. The van der Waals surface area contributed by atoms with Crippen molar-refractivity contribution >= 4 is 27.0 Å². The van der Waals surface area contributed by atoms with E-state index < -0.39 is 0 Å². The van der Waals surface area contributed by atoms with Gasteiger partial charge in [-0.3, -0.25) is 0 Å². The van der Waals surface area contributed by atoms with Crippen molar-refractivity contribution in [1.82, 2.24) is 14.9 Å². The molecule has 3 nitrogen and oxygen atoms in total. The van der Waals surface area contributed by atoms with Gasteiger partial charge in [-0.25, -0.2) is 4.98 Å². The van der Waals surface area contributed by atoms with E-state index in [1.54, 1.807) is 0 Å². The molecule has 0 bridgehead atoms. The molecule has 1 N–H and O–H groups in total. The summed E-state index contributed by atoms with van der Waals surface area (Å²) in [5.74, 6) is 1.19. The zero-order chi connectivity index (χ0) is 13.1. The Bertz CT molecular complexity index is 531. The Morgan fingerprint density at radius 2 is 2.17 bits per heavy atom. The average molecular weight is 310 g/mol. The van der Waals surface area contributed by atoms with Gasteiger partial charge in [0.05, 0.1) is 11.0 Å². The molecule has 2 rings (SSSR count). The highest BCUT2D eigenvalue weighted by Gasteiger charge is 2.12. The quantitative estimate of drug-likeness (QED) is 0.856. The minimum absolute atomic E-state index is 0.445. The fourth-order valence-electron chi connectivity index (χ4n) is 2.30. The van der Waals surface area contributed by atoms with Crippen molar-refractivity contribution in [3.05, 3.63) is 28.5 Å². The molecule has 0 aliphatic rings. The molecule has 2 aromatic rings. The van der Waals surface area contributed by atoms with Crippen molar-refractivity contribution in [2.24, 2.45) is 0 Å². The zero-order valence-corrected chi connectivity index (χ0v) is 12.8. The van der Waals surface area contributed by atoms with Gasteiger partial charge >= 0.3 is 0 Å². The van der Waals surface area contributed by atoms with Crippen LogP contribution in [-0.2, 0) is 6.42 Å². The van der Waals surface area contributed by atoms with Gasteiger partial charge in [-0.2, -0.15) is 0 Å². The summed E-state index contributed by atoms with van der Waals surface area (Å²) in [4.78, 5) is 4.77. The molecule has 0 spiro atoms. The highest BCUT2D eigenvalue weighted by Crippen LogP contribution is 2.24. The first kappa shape index (κ1) is 13.6. The molecule has 18 heavy (non-hydrogen) atoms. The van der Waals surface area contributed by atoms with Crippen molar-refractivity contribution in [3.8, 4) is 0 Å². The molecule has 98 valence electrons. The van der Waals surface area contributed by atoms with Gasteiger partial charge in [0.1, 0.15) is 5.82 Å². The van der Waals surface area contributed by atoms with E-state index in [9.17, 15) is 0 Å². The van der Waals surface area contributed by atoms with Crippen LogP contribution in [0.3, 0.4) is 0 Å². The van der Waals surface area contributed by atoms with Gasteiger partial charge in [-0.15, -0.1) is 0 Å². The van der Waals surface area contributed by atoms with Gasteiger partial charge in [0, 0.05) is 16.9 Å². The predicted molar refractivity (Wildman–Crippen MR) is 80.1 cm³/mol. The van der Waals surface area contributed by atoms with Crippen LogP contribution in [0.25, 0.3) is 11.0 Å². The molecule has 0 unspecified atom stereocenters. The second-order valence-electron chi connectivity index (χ2n) is 4.83. The lowest BCUT2D eigenvalue weighted by molar-refractivity contribution is 0.571. The van der Waals surface area contributed by atoms with E-state index in [-0.39, 0.29) is 0 Å². The number of nitrogens with one attached hydrogen (secondary N) is 1. The number of aromatic nitrogens is 2. The monoisotopic (exact) mass is 309 g/mol. The van der Waals surface area contributed by atoms with Gasteiger partial charge in [-0.05, 0) is 52.1 Å². The Balaban J connectivity index is 2.41. The van der Waals surface area contributed by atoms with Crippen LogP contribution in [-0.4, -0.2) is 23.1 Å². The smallest absolute Gasteiger partial charge is 0.110 e. The highest BCUT2D eigenvalue weighted by molar-refractivity contribution is 9.10. The van der Waals surface area contributed by atoms with Crippen molar-refractivity contribution in [3.63, 3.8) is 0 Å². The topological polar surface area (TPSA) is 29.9 Å². The number of benzene rings is 1. The van der Waals surface area contributed by atoms with E-state index in [1.807, 2.05) is 7.05 Å². The number of halogens is 1.